The molecule has 2 aromatic rings. The molecule has 0 radical (unpaired) electrons. The molecule has 16 heteroatoms. The van der Waals surface area contributed by atoms with Crippen LogP contribution in [0.5, 0.6) is 0 Å². The molecule has 4 heterocycles. The van der Waals surface area contributed by atoms with Crippen LogP contribution in [0.25, 0.3) is 5.65 Å². The summed E-state index contributed by atoms with van der Waals surface area (Å²) >= 11 is 6.29. The first kappa shape index (κ1) is 25.5. The molecular weight excluding hydrogens is 529 g/mol. The fourth-order valence-corrected chi connectivity index (χ4v) is 8.11. The van der Waals surface area contributed by atoms with Gasteiger partial charge in [-0.2, -0.15) is 5.10 Å². The van der Waals surface area contributed by atoms with E-state index in [0.717, 1.165) is 18.8 Å². The molecule has 3 unspecified atom stereocenters. The van der Waals surface area contributed by atoms with E-state index in [1.807, 2.05) is 0 Å². The van der Waals surface area contributed by atoms with Crippen LogP contribution in [0.2, 0.25) is 5.15 Å². The summed E-state index contributed by atoms with van der Waals surface area (Å²) < 4.78 is 49.7. The van der Waals surface area contributed by atoms with Crippen LogP contribution in [0.3, 0.4) is 0 Å². The number of aliphatic hydroxyl groups is 1. The minimum atomic E-state index is -4.83. The predicted molar refractivity (Wildman–Crippen MR) is 122 cm³/mol. The molecule has 3 aliphatic rings. The van der Waals surface area contributed by atoms with Gasteiger partial charge in [0, 0.05) is 19.2 Å². The van der Waals surface area contributed by atoms with Crippen molar-refractivity contribution in [3.8, 4) is 0 Å². The molecule has 5 rings (SSSR count). The summed E-state index contributed by atoms with van der Waals surface area (Å²) in [5, 5.41) is 14.7. The molecule has 2 aliphatic heterocycles. The number of ether oxygens (including phenoxy) is 1. The van der Waals surface area contributed by atoms with Gasteiger partial charge in [0.1, 0.15) is 18.3 Å². The Labute approximate surface area is 204 Å². The number of hydrogen-bond donors (Lipinski definition) is 4. The molecule has 1 saturated carbocycles. The fraction of sp³-hybridized carbons (Fsp3) is 0.684. The Balaban J connectivity index is 1.36. The van der Waals surface area contributed by atoms with Gasteiger partial charge in [0.25, 0.3) is 0 Å². The van der Waals surface area contributed by atoms with Crippen LogP contribution in [-0.2, 0) is 18.4 Å². The first-order chi connectivity index (χ1) is 16.4. The molecule has 3 fully saturated rings. The van der Waals surface area contributed by atoms with E-state index < -0.39 is 52.2 Å². The molecule has 4 N–H and O–H groups in total. The highest BCUT2D eigenvalue weighted by atomic mass is 35.5. The lowest BCUT2D eigenvalue weighted by Crippen LogP contribution is -2.31. The highest BCUT2D eigenvalue weighted by molar-refractivity contribution is 7.70. The summed E-state index contributed by atoms with van der Waals surface area (Å²) in [6.07, 6.45) is -1.37. The van der Waals surface area contributed by atoms with E-state index in [2.05, 4.69) is 15.0 Å². The van der Waals surface area contributed by atoms with Crippen molar-refractivity contribution >= 4 is 38.1 Å². The highest BCUT2D eigenvalue weighted by Crippen LogP contribution is 2.55. The SMILES string of the molecule is O=P(O)(O)CP(=O)(O)OC[C@H]1O[C@@H](c2cnc3c(N4CC5CCCC5C4)cc(Cl)nn23)[C@@H](F)[C@@H]1O. The summed E-state index contributed by atoms with van der Waals surface area (Å²) in [4.78, 5) is 34.1. The van der Waals surface area contributed by atoms with Gasteiger partial charge in [-0.05, 0) is 24.7 Å². The van der Waals surface area contributed by atoms with Crippen LogP contribution in [0.1, 0.15) is 31.1 Å². The van der Waals surface area contributed by atoms with E-state index in [1.165, 1.54) is 30.0 Å². The largest absolute Gasteiger partial charge is 0.387 e. The van der Waals surface area contributed by atoms with Gasteiger partial charge >= 0.3 is 15.2 Å². The Kier molecular flexibility index (Phi) is 6.78. The van der Waals surface area contributed by atoms with Gasteiger partial charge in [-0.1, -0.05) is 18.0 Å². The maximum absolute atomic E-state index is 15.1. The number of aromatic nitrogens is 3. The summed E-state index contributed by atoms with van der Waals surface area (Å²) in [7, 11) is -9.53. The Morgan fingerprint density at radius 2 is 1.91 bits per heavy atom. The van der Waals surface area contributed by atoms with Crippen molar-refractivity contribution in [2.24, 2.45) is 11.8 Å². The fourth-order valence-electron chi connectivity index (χ4n) is 5.36. The van der Waals surface area contributed by atoms with Gasteiger partial charge in [0.2, 0.25) is 0 Å². The van der Waals surface area contributed by atoms with Crippen LogP contribution in [-0.4, -0.2) is 78.4 Å². The number of fused-ring (bicyclic) bond motifs is 2. The van der Waals surface area contributed by atoms with Gasteiger partial charge in [-0.25, -0.2) is 13.9 Å². The van der Waals surface area contributed by atoms with Gasteiger partial charge in [0.15, 0.2) is 22.9 Å². The average molecular weight is 555 g/mol. The first-order valence-electron chi connectivity index (χ1n) is 11.2. The maximum atomic E-state index is 15.1. The van der Waals surface area contributed by atoms with Gasteiger partial charge in [-0.15, -0.1) is 0 Å². The third-order valence-corrected chi connectivity index (χ3v) is 10.6. The highest BCUT2D eigenvalue weighted by Gasteiger charge is 2.47. The molecule has 1 aliphatic carbocycles. The molecular formula is C19H26ClFN4O8P2. The van der Waals surface area contributed by atoms with E-state index in [-0.39, 0.29) is 10.8 Å². The molecule has 0 bridgehead atoms. The Hall–Kier alpha value is -1.14. The molecule has 12 nitrogen and oxygen atoms in total. The number of nitrogens with zero attached hydrogens (tertiary/aromatic N) is 4. The summed E-state index contributed by atoms with van der Waals surface area (Å²) in [5.74, 6) is -0.162. The van der Waals surface area contributed by atoms with Crippen molar-refractivity contribution in [2.75, 3.05) is 30.5 Å². The first-order valence-corrected chi connectivity index (χ1v) is 15.1. The number of hydrogen-bond acceptors (Lipinski definition) is 8. The Bertz CT molecular complexity index is 1200. The van der Waals surface area contributed by atoms with Crippen LogP contribution in [0, 0.1) is 11.8 Å². The Morgan fingerprint density at radius 3 is 2.57 bits per heavy atom. The number of halogens is 2. The zero-order valence-electron chi connectivity index (χ0n) is 18.4. The second-order valence-corrected chi connectivity index (χ2v) is 13.8. The van der Waals surface area contributed by atoms with Crippen LogP contribution >= 0.6 is 26.8 Å². The van der Waals surface area contributed by atoms with Crippen molar-refractivity contribution in [3.05, 3.63) is 23.1 Å². The molecule has 7 atom stereocenters. The minimum Gasteiger partial charge on any atom is -0.387 e. The number of anilines is 1. The second-order valence-electron chi connectivity index (χ2n) is 9.40. The predicted octanol–water partition coefficient (Wildman–Crippen LogP) is 2.10. The van der Waals surface area contributed by atoms with E-state index in [4.69, 9.17) is 30.6 Å². The third kappa shape index (κ3) is 5.16. The third-order valence-electron chi connectivity index (χ3n) is 6.92. The Morgan fingerprint density at radius 1 is 1.23 bits per heavy atom. The van der Waals surface area contributed by atoms with E-state index in [1.54, 1.807) is 6.07 Å². The average Bonchev–Trinajstić information content (AvgIpc) is 3.49. The lowest BCUT2D eigenvalue weighted by Gasteiger charge is -2.21. The van der Waals surface area contributed by atoms with Crippen LogP contribution in [0.4, 0.5) is 10.1 Å². The zero-order valence-corrected chi connectivity index (χ0v) is 21.0. The zero-order chi connectivity index (χ0) is 25.1. The molecule has 194 valence electrons. The molecule has 0 amide bonds. The minimum absolute atomic E-state index is 0.177. The lowest BCUT2D eigenvalue weighted by atomic mass is 10.0. The second kappa shape index (κ2) is 9.31. The number of rotatable bonds is 7. The molecule has 2 saturated heterocycles. The number of imidazole rings is 1. The monoisotopic (exact) mass is 554 g/mol. The summed E-state index contributed by atoms with van der Waals surface area (Å²) in [5.41, 5.74) is 1.44. The number of alkyl halides is 1. The lowest BCUT2D eigenvalue weighted by molar-refractivity contribution is -0.0199. The topological polar surface area (TPSA) is 167 Å². The quantitative estimate of drug-likeness (QED) is 0.370. The molecule has 2 aromatic heterocycles. The van der Waals surface area contributed by atoms with Gasteiger partial charge in [0.05, 0.1) is 24.2 Å². The standard InChI is InChI=1S/C19H26ClFN4O8P2/c20-15-4-12(24-6-10-2-1-3-11(10)7-24)19-22-5-13(25(19)23-15)18-16(21)17(26)14(33-18)8-32-35(30,31)9-34(27,28)29/h4-5,10-11,14,16-18,26H,1-3,6-9H2,(H,30,31)(H2,27,28,29)/t10?,11?,14-,16+,17-,18+/m1/s1. The smallest absolute Gasteiger partial charge is 0.340 e. The molecule has 0 aromatic carbocycles. The van der Waals surface area contributed by atoms with Gasteiger partial charge in [-0.3, -0.25) is 9.13 Å². The van der Waals surface area contributed by atoms with Crippen molar-refractivity contribution in [2.45, 2.75) is 43.7 Å². The van der Waals surface area contributed by atoms with Crippen LogP contribution in [0.15, 0.2) is 12.3 Å². The molecule has 0 spiro atoms. The molecule has 35 heavy (non-hydrogen) atoms. The summed E-state index contributed by atoms with van der Waals surface area (Å²) in [6, 6.07) is 1.72. The van der Waals surface area contributed by atoms with Crippen molar-refractivity contribution in [1.82, 2.24) is 14.6 Å². The van der Waals surface area contributed by atoms with Crippen LogP contribution < -0.4 is 4.90 Å². The maximum Gasteiger partial charge on any atom is 0.340 e. The van der Waals surface area contributed by atoms with E-state index in [9.17, 15) is 19.1 Å². The van der Waals surface area contributed by atoms with Gasteiger partial charge < -0.3 is 33.9 Å². The van der Waals surface area contributed by atoms with E-state index in [0.29, 0.717) is 17.5 Å². The van der Waals surface area contributed by atoms with Crippen molar-refractivity contribution < 1.29 is 42.6 Å². The van der Waals surface area contributed by atoms with E-state index >= 15 is 4.39 Å². The summed E-state index contributed by atoms with van der Waals surface area (Å²) in [6.45, 7) is 1.00. The number of aliphatic hydroxyl groups excluding tert-OH is 1. The van der Waals surface area contributed by atoms with Crippen molar-refractivity contribution in [1.29, 1.82) is 0 Å². The normalized spacial score (nSPS) is 32.9. The van der Waals surface area contributed by atoms with Crippen molar-refractivity contribution in [3.63, 3.8) is 0 Å².